The number of nitrogens with zero attached hydrogens (tertiary/aromatic N) is 2. The molecule has 152 valence electrons. The second-order valence-electron chi connectivity index (χ2n) is 6.82. The number of rotatable bonds is 6. The molecule has 0 saturated carbocycles. The Kier molecular flexibility index (Phi) is 6.44. The first-order chi connectivity index (χ1) is 14.1. The molecule has 0 aliphatic carbocycles. The molecular formula is C21H21FN2O3S2. The van der Waals surface area contributed by atoms with Crippen LogP contribution < -0.4 is 0 Å². The Bertz CT molecular complexity index is 938. The number of thiocarbonyl (C=S) groups is 1. The van der Waals surface area contributed by atoms with Gasteiger partial charge in [-0.15, -0.1) is 0 Å². The molecule has 1 aromatic carbocycles. The highest BCUT2D eigenvalue weighted by molar-refractivity contribution is 8.26. The van der Waals surface area contributed by atoms with Crippen LogP contribution in [0.1, 0.15) is 12.2 Å². The molecule has 2 saturated heterocycles. The summed E-state index contributed by atoms with van der Waals surface area (Å²) in [4.78, 5) is 17.3. The number of thioether (sulfide) groups is 1. The Morgan fingerprint density at radius 2 is 1.93 bits per heavy atom. The molecule has 3 heterocycles. The summed E-state index contributed by atoms with van der Waals surface area (Å²) in [7, 11) is 0. The first kappa shape index (κ1) is 20.3. The minimum Gasteiger partial charge on any atom is -0.457 e. The van der Waals surface area contributed by atoms with E-state index in [0.717, 1.165) is 39.3 Å². The van der Waals surface area contributed by atoms with Crippen molar-refractivity contribution < 1.29 is 18.3 Å². The van der Waals surface area contributed by atoms with Crippen molar-refractivity contribution in [2.24, 2.45) is 0 Å². The van der Waals surface area contributed by atoms with Crippen molar-refractivity contribution in [2.45, 2.75) is 6.42 Å². The third kappa shape index (κ3) is 4.78. The van der Waals surface area contributed by atoms with Crippen LogP contribution in [0.3, 0.4) is 0 Å². The lowest BCUT2D eigenvalue weighted by molar-refractivity contribution is -0.122. The minimum atomic E-state index is -0.347. The third-order valence-corrected chi connectivity index (χ3v) is 6.25. The van der Waals surface area contributed by atoms with E-state index in [1.165, 1.54) is 17.8 Å². The van der Waals surface area contributed by atoms with Crippen LogP contribution in [0.2, 0.25) is 0 Å². The maximum absolute atomic E-state index is 13.9. The molecule has 5 nitrogen and oxygen atoms in total. The smallest absolute Gasteiger partial charge is 0.266 e. The van der Waals surface area contributed by atoms with Gasteiger partial charge in [0.1, 0.15) is 21.7 Å². The summed E-state index contributed by atoms with van der Waals surface area (Å²) < 4.78 is 25.6. The second-order valence-corrected chi connectivity index (χ2v) is 8.50. The number of hydrogen-bond donors (Lipinski definition) is 0. The lowest BCUT2D eigenvalue weighted by atomic mass is 10.1. The molecule has 0 unspecified atom stereocenters. The largest absolute Gasteiger partial charge is 0.457 e. The van der Waals surface area contributed by atoms with Crippen LogP contribution >= 0.6 is 24.0 Å². The predicted molar refractivity (Wildman–Crippen MR) is 116 cm³/mol. The number of carbonyl (C=O) groups excluding carboxylic acids is 1. The maximum Gasteiger partial charge on any atom is 0.266 e. The average Bonchev–Trinajstić information content (AvgIpc) is 3.29. The maximum atomic E-state index is 13.9. The van der Waals surface area contributed by atoms with Gasteiger partial charge in [-0.05, 0) is 30.7 Å². The molecule has 2 fully saturated rings. The summed E-state index contributed by atoms with van der Waals surface area (Å²) in [6.07, 6.45) is 2.53. The number of halogens is 1. The van der Waals surface area contributed by atoms with Gasteiger partial charge in [-0.2, -0.15) is 0 Å². The SMILES string of the molecule is O=C1/C(=C/c2ccc(-c3ccccc3F)o2)SC(=S)N1CCCN1CCOCC1. The van der Waals surface area contributed by atoms with Gasteiger partial charge >= 0.3 is 0 Å². The Labute approximate surface area is 178 Å². The number of carbonyl (C=O) groups is 1. The van der Waals surface area contributed by atoms with E-state index in [1.54, 1.807) is 41.3 Å². The molecule has 0 radical (unpaired) electrons. The highest BCUT2D eigenvalue weighted by atomic mass is 32.2. The van der Waals surface area contributed by atoms with Gasteiger partial charge in [0.2, 0.25) is 0 Å². The number of benzene rings is 1. The second kappa shape index (κ2) is 9.21. The van der Waals surface area contributed by atoms with E-state index in [-0.39, 0.29) is 11.7 Å². The van der Waals surface area contributed by atoms with E-state index < -0.39 is 0 Å². The van der Waals surface area contributed by atoms with Gasteiger partial charge in [-0.25, -0.2) is 4.39 Å². The van der Waals surface area contributed by atoms with E-state index in [0.29, 0.717) is 32.9 Å². The summed E-state index contributed by atoms with van der Waals surface area (Å²) in [6, 6.07) is 9.86. The van der Waals surface area contributed by atoms with E-state index in [2.05, 4.69) is 4.90 Å². The number of hydrogen-bond acceptors (Lipinski definition) is 6. The summed E-state index contributed by atoms with van der Waals surface area (Å²) in [5.41, 5.74) is 0.391. The highest BCUT2D eigenvalue weighted by Gasteiger charge is 2.32. The molecule has 29 heavy (non-hydrogen) atoms. The van der Waals surface area contributed by atoms with Gasteiger partial charge in [0.05, 0.1) is 23.7 Å². The average molecular weight is 433 g/mol. The Balaban J connectivity index is 1.39. The van der Waals surface area contributed by atoms with Crippen molar-refractivity contribution in [3.05, 3.63) is 52.9 Å². The summed E-state index contributed by atoms with van der Waals surface area (Å²) in [6.45, 7) is 4.91. The zero-order valence-electron chi connectivity index (χ0n) is 15.8. The van der Waals surface area contributed by atoms with Crippen LogP contribution in [-0.2, 0) is 9.53 Å². The fraction of sp³-hybridized carbons (Fsp3) is 0.333. The first-order valence-corrected chi connectivity index (χ1v) is 10.7. The molecule has 1 amide bonds. The van der Waals surface area contributed by atoms with Crippen molar-refractivity contribution in [1.82, 2.24) is 9.80 Å². The van der Waals surface area contributed by atoms with Crippen LogP contribution in [0.4, 0.5) is 4.39 Å². The third-order valence-electron chi connectivity index (χ3n) is 4.87. The Hall–Kier alpha value is -2.00. The van der Waals surface area contributed by atoms with Gasteiger partial charge in [-0.3, -0.25) is 14.6 Å². The molecule has 4 rings (SSSR count). The van der Waals surface area contributed by atoms with Gasteiger partial charge in [0, 0.05) is 32.3 Å². The monoisotopic (exact) mass is 432 g/mol. The molecule has 2 aliphatic rings. The van der Waals surface area contributed by atoms with Crippen LogP contribution in [0.5, 0.6) is 0 Å². The quantitative estimate of drug-likeness (QED) is 0.508. The molecule has 0 atom stereocenters. The molecule has 0 spiro atoms. The van der Waals surface area contributed by atoms with Gasteiger partial charge in [0.15, 0.2) is 0 Å². The Morgan fingerprint density at radius 1 is 1.14 bits per heavy atom. The summed E-state index contributed by atoms with van der Waals surface area (Å²) >= 11 is 6.67. The van der Waals surface area contributed by atoms with E-state index in [4.69, 9.17) is 21.4 Å². The summed E-state index contributed by atoms with van der Waals surface area (Å²) in [5.74, 6) is 0.471. The molecular weight excluding hydrogens is 411 g/mol. The standard InChI is InChI=1S/C21H21FN2O3S2/c22-17-5-2-1-4-16(17)18-7-6-15(27-18)14-19-20(25)24(21(28)29-19)9-3-8-23-10-12-26-13-11-23/h1-2,4-7,14H,3,8-13H2/b19-14-. The van der Waals surface area contributed by atoms with Gasteiger partial charge < -0.3 is 9.15 Å². The normalized spacial score (nSPS) is 19.5. The first-order valence-electron chi connectivity index (χ1n) is 9.52. The number of amides is 1. The molecule has 8 heteroatoms. The lowest BCUT2D eigenvalue weighted by Crippen LogP contribution is -2.38. The van der Waals surface area contributed by atoms with Crippen molar-refractivity contribution in [2.75, 3.05) is 39.4 Å². The van der Waals surface area contributed by atoms with Crippen LogP contribution in [0.25, 0.3) is 17.4 Å². The molecule has 2 aliphatic heterocycles. The van der Waals surface area contributed by atoms with Crippen molar-refractivity contribution in [1.29, 1.82) is 0 Å². The fourth-order valence-corrected chi connectivity index (χ4v) is 4.62. The summed E-state index contributed by atoms with van der Waals surface area (Å²) in [5, 5.41) is 0. The minimum absolute atomic E-state index is 0.106. The van der Waals surface area contributed by atoms with Crippen molar-refractivity contribution in [3.8, 4) is 11.3 Å². The van der Waals surface area contributed by atoms with Gasteiger partial charge in [0.25, 0.3) is 5.91 Å². The molecule has 0 N–H and O–H groups in total. The van der Waals surface area contributed by atoms with Crippen LogP contribution in [-0.4, -0.2) is 59.4 Å². The van der Waals surface area contributed by atoms with Crippen molar-refractivity contribution in [3.63, 3.8) is 0 Å². The predicted octanol–water partition coefficient (Wildman–Crippen LogP) is 4.01. The van der Waals surface area contributed by atoms with Crippen molar-refractivity contribution >= 4 is 40.3 Å². The molecule has 2 aromatic rings. The highest BCUT2D eigenvalue weighted by Crippen LogP contribution is 2.34. The number of ether oxygens (including phenoxy) is 1. The number of morpholine rings is 1. The van der Waals surface area contributed by atoms with E-state index >= 15 is 0 Å². The topological polar surface area (TPSA) is 45.9 Å². The van der Waals surface area contributed by atoms with Crippen LogP contribution in [0.15, 0.2) is 45.7 Å². The Morgan fingerprint density at radius 3 is 2.72 bits per heavy atom. The zero-order valence-corrected chi connectivity index (χ0v) is 17.4. The van der Waals surface area contributed by atoms with E-state index in [9.17, 15) is 9.18 Å². The lowest BCUT2D eigenvalue weighted by Gasteiger charge is -2.27. The number of furan rings is 1. The van der Waals surface area contributed by atoms with Gasteiger partial charge in [-0.1, -0.05) is 36.1 Å². The van der Waals surface area contributed by atoms with E-state index in [1.807, 2.05) is 0 Å². The molecule has 1 aromatic heterocycles. The molecule has 0 bridgehead atoms. The zero-order chi connectivity index (χ0) is 20.2. The fourth-order valence-electron chi connectivity index (χ4n) is 3.34. The van der Waals surface area contributed by atoms with Crippen LogP contribution in [0, 0.1) is 5.82 Å².